The fourth-order valence-electron chi connectivity index (χ4n) is 3.52. The molecular weight excluding hydrogens is 411 g/mol. The molecule has 0 bridgehead atoms. The van der Waals surface area contributed by atoms with Gasteiger partial charge >= 0.3 is 0 Å². The third kappa shape index (κ3) is 3.80. The number of rotatable bonds is 6. The van der Waals surface area contributed by atoms with E-state index in [1.807, 2.05) is 19.1 Å². The van der Waals surface area contributed by atoms with Crippen LogP contribution in [0, 0.1) is 12.7 Å². The van der Waals surface area contributed by atoms with Crippen molar-refractivity contribution in [2.24, 2.45) is 0 Å². The predicted octanol–water partition coefficient (Wildman–Crippen LogP) is 4.55. The van der Waals surface area contributed by atoms with Gasteiger partial charge in [0.05, 0.1) is 31.2 Å². The normalized spacial score (nSPS) is 13.6. The Hall–Kier alpha value is -4.13. The van der Waals surface area contributed by atoms with Gasteiger partial charge in [0.15, 0.2) is 0 Å². The first kappa shape index (κ1) is 21.1. The fraction of sp³-hybridized carbons (Fsp3) is 0.120. The molecule has 1 aliphatic rings. The number of halogens is 1. The van der Waals surface area contributed by atoms with Crippen LogP contribution >= 0.6 is 0 Å². The molecule has 32 heavy (non-hydrogen) atoms. The molecule has 1 aliphatic heterocycles. The van der Waals surface area contributed by atoms with Crippen molar-refractivity contribution in [2.75, 3.05) is 24.4 Å². The second-order valence-corrected chi connectivity index (χ2v) is 7.23. The minimum absolute atomic E-state index is 0.0755. The van der Waals surface area contributed by atoms with E-state index >= 15 is 0 Å². The van der Waals surface area contributed by atoms with Crippen LogP contribution in [0.25, 0.3) is 5.57 Å². The maximum Gasteiger partial charge on any atom is 0.282 e. The van der Waals surface area contributed by atoms with Gasteiger partial charge in [-0.05, 0) is 42.8 Å². The van der Waals surface area contributed by atoms with Crippen LogP contribution in [-0.2, 0) is 9.59 Å². The number of anilines is 2. The van der Waals surface area contributed by atoms with Gasteiger partial charge in [0.25, 0.3) is 11.8 Å². The molecule has 6 nitrogen and oxygen atoms in total. The lowest BCUT2D eigenvalue weighted by molar-refractivity contribution is -0.120. The van der Waals surface area contributed by atoms with Crippen LogP contribution in [0.3, 0.4) is 0 Å². The number of hydrogen-bond donors (Lipinski definition) is 1. The predicted molar refractivity (Wildman–Crippen MR) is 120 cm³/mol. The van der Waals surface area contributed by atoms with Crippen molar-refractivity contribution in [3.63, 3.8) is 0 Å². The first-order valence-corrected chi connectivity index (χ1v) is 9.87. The molecule has 3 aromatic rings. The lowest BCUT2D eigenvalue weighted by atomic mass is 10.0. The van der Waals surface area contributed by atoms with Crippen molar-refractivity contribution in [1.82, 2.24) is 0 Å². The molecule has 4 rings (SSSR count). The fourth-order valence-corrected chi connectivity index (χ4v) is 3.52. The van der Waals surface area contributed by atoms with Gasteiger partial charge in [-0.15, -0.1) is 0 Å². The van der Waals surface area contributed by atoms with Crippen molar-refractivity contribution in [3.8, 4) is 11.5 Å². The zero-order chi connectivity index (χ0) is 22.8. The average molecular weight is 432 g/mol. The summed E-state index contributed by atoms with van der Waals surface area (Å²) in [5.41, 5.74) is 2.49. The molecule has 3 aromatic carbocycles. The highest BCUT2D eigenvalue weighted by molar-refractivity contribution is 6.46. The van der Waals surface area contributed by atoms with Crippen molar-refractivity contribution >= 4 is 28.8 Å². The van der Waals surface area contributed by atoms with Gasteiger partial charge in [-0.2, -0.15) is 0 Å². The standard InChI is InChI=1S/C25H21FN2O4/c1-15-7-9-16(10-8-15)22-23(27-20-12-11-19(31-2)14-21(20)32-3)25(30)28(24(22)29)18-6-4-5-17(26)13-18/h4-14,27H,1-3H3. The maximum absolute atomic E-state index is 13.8. The van der Waals surface area contributed by atoms with Gasteiger partial charge in [-0.1, -0.05) is 35.9 Å². The third-order valence-electron chi connectivity index (χ3n) is 5.16. The van der Waals surface area contributed by atoms with E-state index in [2.05, 4.69) is 5.32 Å². The molecule has 2 amide bonds. The molecule has 162 valence electrons. The summed E-state index contributed by atoms with van der Waals surface area (Å²) in [7, 11) is 3.03. The zero-order valence-electron chi connectivity index (χ0n) is 17.8. The monoisotopic (exact) mass is 432 g/mol. The molecule has 0 unspecified atom stereocenters. The molecule has 0 fully saturated rings. The molecule has 0 aliphatic carbocycles. The van der Waals surface area contributed by atoms with Crippen LogP contribution in [0.4, 0.5) is 15.8 Å². The minimum atomic E-state index is -0.589. The second kappa shape index (κ2) is 8.55. The van der Waals surface area contributed by atoms with E-state index in [-0.39, 0.29) is 17.0 Å². The van der Waals surface area contributed by atoms with Crippen LogP contribution in [-0.4, -0.2) is 26.0 Å². The average Bonchev–Trinajstić information content (AvgIpc) is 3.04. The smallest absolute Gasteiger partial charge is 0.282 e. The first-order chi connectivity index (χ1) is 15.4. The quantitative estimate of drug-likeness (QED) is 0.579. The Labute approximate surface area is 184 Å². The van der Waals surface area contributed by atoms with Crippen LogP contribution in [0.5, 0.6) is 11.5 Å². The zero-order valence-corrected chi connectivity index (χ0v) is 17.8. The number of benzene rings is 3. The number of aryl methyl sites for hydroxylation is 1. The summed E-state index contributed by atoms with van der Waals surface area (Å²) in [5, 5.41) is 3.06. The van der Waals surface area contributed by atoms with E-state index in [9.17, 15) is 14.0 Å². The summed E-state index contributed by atoms with van der Waals surface area (Å²) < 4.78 is 24.5. The summed E-state index contributed by atoms with van der Waals surface area (Å²) in [4.78, 5) is 27.8. The lowest BCUT2D eigenvalue weighted by Gasteiger charge is -2.16. The topological polar surface area (TPSA) is 67.9 Å². The first-order valence-electron chi connectivity index (χ1n) is 9.87. The van der Waals surface area contributed by atoms with E-state index in [0.29, 0.717) is 22.7 Å². The van der Waals surface area contributed by atoms with Crippen molar-refractivity contribution in [3.05, 3.63) is 89.4 Å². The highest BCUT2D eigenvalue weighted by Crippen LogP contribution is 2.37. The van der Waals surface area contributed by atoms with E-state index in [1.165, 1.54) is 32.4 Å². The highest BCUT2D eigenvalue weighted by atomic mass is 19.1. The molecule has 0 radical (unpaired) electrons. The van der Waals surface area contributed by atoms with Crippen LogP contribution < -0.4 is 19.7 Å². The summed E-state index contributed by atoms with van der Waals surface area (Å²) in [6.45, 7) is 1.93. The Morgan fingerprint density at radius 3 is 2.28 bits per heavy atom. The Morgan fingerprint density at radius 2 is 1.62 bits per heavy atom. The Kier molecular flexibility index (Phi) is 5.64. The number of ether oxygens (including phenoxy) is 2. The molecule has 1 N–H and O–H groups in total. The SMILES string of the molecule is COc1ccc(NC2=C(c3ccc(C)cc3)C(=O)N(c3cccc(F)c3)C2=O)c(OC)c1. The van der Waals surface area contributed by atoms with Crippen molar-refractivity contribution < 1.29 is 23.5 Å². The molecule has 0 spiro atoms. The van der Waals surface area contributed by atoms with Gasteiger partial charge in [0.2, 0.25) is 0 Å². The van der Waals surface area contributed by atoms with Crippen molar-refractivity contribution in [2.45, 2.75) is 6.92 Å². The number of methoxy groups -OCH3 is 2. The molecule has 0 aromatic heterocycles. The molecule has 0 saturated heterocycles. The minimum Gasteiger partial charge on any atom is -0.497 e. The number of nitrogens with one attached hydrogen (secondary N) is 1. The lowest BCUT2D eigenvalue weighted by Crippen LogP contribution is -2.32. The van der Waals surface area contributed by atoms with E-state index in [1.54, 1.807) is 30.3 Å². The second-order valence-electron chi connectivity index (χ2n) is 7.23. The summed E-state index contributed by atoms with van der Waals surface area (Å²) in [6, 6.07) is 17.7. The Balaban J connectivity index is 1.84. The number of carbonyl (C=O) groups excluding carboxylic acids is 2. The number of imide groups is 1. The number of amides is 2. The number of hydrogen-bond acceptors (Lipinski definition) is 5. The van der Waals surface area contributed by atoms with Gasteiger partial charge in [0.1, 0.15) is 23.0 Å². The van der Waals surface area contributed by atoms with Crippen LogP contribution in [0.1, 0.15) is 11.1 Å². The van der Waals surface area contributed by atoms with E-state index in [4.69, 9.17) is 9.47 Å². The maximum atomic E-state index is 13.8. The summed E-state index contributed by atoms with van der Waals surface area (Å²) >= 11 is 0. The summed E-state index contributed by atoms with van der Waals surface area (Å²) in [6.07, 6.45) is 0. The Morgan fingerprint density at radius 1 is 0.875 bits per heavy atom. The van der Waals surface area contributed by atoms with E-state index < -0.39 is 17.6 Å². The van der Waals surface area contributed by atoms with Gasteiger partial charge < -0.3 is 14.8 Å². The van der Waals surface area contributed by atoms with Crippen molar-refractivity contribution in [1.29, 1.82) is 0 Å². The van der Waals surface area contributed by atoms with E-state index in [0.717, 1.165) is 16.5 Å². The van der Waals surface area contributed by atoms with Crippen LogP contribution in [0.2, 0.25) is 0 Å². The molecule has 0 saturated carbocycles. The van der Waals surface area contributed by atoms with Gasteiger partial charge in [-0.3, -0.25) is 9.59 Å². The molecule has 0 atom stereocenters. The largest absolute Gasteiger partial charge is 0.497 e. The molecule has 1 heterocycles. The third-order valence-corrected chi connectivity index (χ3v) is 5.16. The molecule has 7 heteroatoms. The molecular formula is C25H21FN2O4. The highest BCUT2D eigenvalue weighted by Gasteiger charge is 2.40. The number of nitrogens with zero attached hydrogens (tertiary/aromatic N) is 1. The Bertz CT molecular complexity index is 1230. The van der Waals surface area contributed by atoms with Crippen LogP contribution in [0.15, 0.2) is 72.4 Å². The van der Waals surface area contributed by atoms with Gasteiger partial charge in [0, 0.05) is 6.07 Å². The number of carbonyl (C=O) groups is 2. The van der Waals surface area contributed by atoms with Gasteiger partial charge in [-0.25, -0.2) is 9.29 Å². The summed E-state index contributed by atoms with van der Waals surface area (Å²) in [5.74, 6) is -0.661.